The van der Waals surface area contributed by atoms with E-state index in [9.17, 15) is 13.2 Å². The number of ether oxygens (including phenoxy) is 2. The van der Waals surface area contributed by atoms with Gasteiger partial charge in [0.15, 0.2) is 11.5 Å². The van der Waals surface area contributed by atoms with Gasteiger partial charge in [-0.05, 0) is 68.1 Å². The minimum absolute atomic E-state index is 0.143. The summed E-state index contributed by atoms with van der Waals surface area (Å²) in [5.41, 5.74) is 3.62. The van der Waals surface area contributed by atoms with E-state index in [1.54, 1.807) is 26.4 Å². The van der Waals surface area contributed by atoms with Gasteiger partial charge in [-0.1, -0.05) is 12.1 Å². The number of benzene rings is 2. The van der Waals surface area contributed by atoms with Gasteiger partial charge in [0.05, 0.1) is 32.2 Å². The Kier molecular flexibility index (Phi) is 8.33. The molecule has 0 aliphatic rings. The molecule has 0 aromatic heterocycles. The molecule has 0 saturated carbocycles. The van der Waals surface area contributed by atoms with Gasteiger partial charge in [0.1, 0.15) is 0 Å². The van der Waals surface area contributed by atoms with Crippen molar-refractivity contribution in [1.82, 2.24) is 5.32 Å². The Bertz CT molecular complexity index is 1020. The normalized spacial score (nSPS) is 12.2. The van der Waals surface area contributed by atoms with Crippen LogP contribution in [-0.2, 0) is 14.8 Å². The van der Waals surface area contributed by atoms with Crippen LogP contribution in [-0.4, -0.2) is 41.3 Å². The van der Waals surface area contributed by atoms with Crippen LogP contribution in [0.5, 0.6) is 11.5 Å². The third kappa shape index (κ3) is 6.62. The van der Waals surface area contributed by atoms with Crippen molar-refractivity contribution in [1.29, 1.82) is 0 Å². The first kappa shape index (κ1) is 24.5. The second-order valence-corrected chi connectivity index (χ2v) is 9.52. The van der Waals surface area contributed by atoms with Crippen LogP contribution < -0.4 is 19.1 Å². The van der Waals surface area contributed by atoms with Crippen molar-refractivity contribution in [3.05, 3.63) is 53.1 Å². The van der Waals surface area contributed by atoms with Crippen LogP contribution in [0.3, 0.4) is 0 Å². The number of anilines is 1. The Balaban J connectivity index is 1.98. The zero-order valence-corrected chi connectivity index (χ0v) is 19.9. The maximum Gasteiger partial charge on any atom is 0.232 e. The third-order valence-corrected chi connectivity index (χ3v) is 6.42. The molecule has 0 saturated heterocycles. The summed E-state index contributed by atoms with van der Waals surface area (Å²) in [6.07, 6.45) is 1.81. The van der Waals surface area contributed by atoms with Gasteiger partial charge in [0, 0.05) is 13.0 Å². The maximum absolute atomic E-state index is 12.4. The van der Waals surface area contributed by atoms with Crippen LogP contribution in [0.1, 0.15) is 42.5 Å². The lowest BCUT2D eigenvalue weighted by atomic mass is 10.1. The Morgan fingerprint density at radius 2 is 1.71 bits per heavy atom. The monoisotopic (exact) mass is 448 g/mol. The Hall–Kier alpha value is -2.74. The van der Waals surface area contributed by atoms with Gasteiger partial charge < -0.3 is 14.8 Å². The summed E-state index contributed by atoms with van der Waals surface area (Å²) in [7, 11) is -0.317. The third-order valence-electron chi connectivity index (χ3n) is 5.23. The molecule has 0 bridgehead atoms. The van der Waals surface area contributed by atoms with Crippen molar-refractivity contribution in [2.45, 2.75) is 39.7 Å². The molecule has 31 heavy (non-hydrogen) atoms. The van der Waals surface area contributed by atoms with Crippen LogP contribution in [0.2, 0.25) is 0 Å². The average Bonchev–Trinajstić information content (AvgIpc) is 2.71. The highest BCUT2D eigenvalue weighted by Gasteiger charge is 2.19. The largest absolute Gasteiger partial charge is 0.493 e. The molecule has 1 N–H and O–H groups in total. The van der Waals surface area contributed by atoms with E-state index < -0.39 is 10.0 Å². The van der Waals surface area contributed by atoms with E-state index in [1.165, 1.54) is 10.6 Å². The maximum atomic E-state index is 12.4. The van der Waals surface area contributed by atoms with Gasteiger partial charge >= 0.3 is 0 Å². The fourth-order valence-electron chi connectivity index (χ4n) is 3.27. The Labute approximate surface area is 185 Å². The number of methoxy groups -OCH3 is 2. The minimum Gasteiger partial charge on any atom is -0.493 e. The molecule has 0 radical (unpaired) electrons. The van der Waals surface area contributed by atoms with E-state index in [0.717, 1.165) is 16.7 Å². The number of nitrogens with one attached hydrogen (secondary N) is 1. The van der Waals surface area contributed by atoms with Gasteiger partial charge in [0.2, 0.25) is 15.9 Å². The topological polar surface area (TPSA) is 84.9 Å². The minimum atomic E-state index is -3.45. The zero-order chi connectivity index (χ0) is 23.2. The van der Waals surface area contributed by atoms with Crippen molar-refractivity contribution >= 4 is 21.6 Å². The van der Waals surface area contributed by atoms with Gasteiger partial charge in [0.25, 0.3) is 0 Å². The molecule has 1 amide bonds. The number of sulfonamides is 1. The van der Waals surface area contributed by atoms with Crippen molar-refractivity contribution in [2.75, 3.05) is 31.3 Å². The molecular weight excluding hydrogens is 416 g/mol. The standard InChI is InChI=1S/C23H32N2O5S/c1-16-9-11-20(14-17(16)2)25(31(6,27)28)13-7-8-23(26)24-18(3)19-10-12-21(29-4)22(15-19)30-5/h9-12,14-15,18H,7-8,13H2,1-6H3,(H,24,26)/t18-/m0/s1. The van der Waals surface area contributed by atoms with Crippen LogP contribution >= 0.6 is 0 Å². The number of hydrogen-bond donors (Lipinski definition) is 1. The molecule has 7 nitrogen and oxygen atoms in total. The summed E-state index contributed by atoms with van der Waals surface area (Å²) in [6, 6.07) is 10.8. The van der Waals surface area contributed by atoms with Crippen LogP contribution in [0, 0.1) is 13.8 Å². The second-order valence-electron chi connectivity index (χ2n) is 7.61. The lowest BCUT2D eigenvalue weighted by molar-refractivity contribution is -0.121. The molecule has 2 aromatic carbocycles. The summed E-state index contributed by atoms with van der Waals surface area (Å²) in [5, 5.41) is 2.95. The molecular formula is C23H32N2O5S. The SMILES string of the molecule is COc1ccc([C@H](C)NC(=O)CCCN(c2ccc(C)c(C)c2)S(C)(=O)=O)cc1OC. The number of rotatable bonds is 10. The first-order valence-electron chi connectivity index (χ1n) is 10.1. The van der Waals surface area contributed by atoms with E-state index in [1.807, 2.05) is 45.0 Å². The van der Waals surface area contributed by atoms with E-state index in [-0.39, 0.29) is 24.9 Å². The van der Waals surface area contributed by atoms with E-state index >= 15 is 0 Å². The molecule has 0 fully saturated rings. The molecule has 0 aliphatic heterocycles. The van der Waals surface area contributed by atoms with Crippen molar-refractivity contribution in [3.8, 4) is 11.5 Å². The zero-order valence-electron chi connectivity index (χ0n) is 19.1. The lowest BCUT2D eigenvalue weighted by Gasteiger charge is -2.23. The molecule has 0 spiro atoms. The average molecular weight is 449 g/mol. The Morgan fingerprint density at radius 3 is 2.29 bits per heavy atom. The number of nitrogens with zero attached hydrogens (tertiary/aromatic N) is 1. The summed E-state index contributed by atoms with van der Waals surface area (Å²) < 4.78 is 36.5. The fraction of sp³-hybridized carbons (Fsp3) is 0.435. The number of carbonyl (C=O) groups is 1. The summed E-state index contributed by atoms with van der Waals surface area (Å²) in [4.78, 5) is 12.4. The second kappa shape index (κ2) is 10.5. The van der Waals surface area contributed by atoms with Crippen LogP contribution in [0.4, 0.5) is 5.69 Å². The lowest BCUT2D eigenvalue weighted by Crippen LogP contribution is -2.32. The summed E-state index contributed by atoms with van der Waals surface area (Å²) in [5.74, 6) is 1.08. The Morgan fingerprint density at radius 1 is 1.03 bits per heavy atom. The van der Waals surface area contributed by atoms with Crippen molar-refractivity contribution in [3.63, 3.8) is 0 Å². The quantitative estimate of drug-likeness (QED) is 0.598. The fourth-order valence-corrected chi connectivity index (χ4v) is 4.23. The van der Waals surface area contributed by atoms with Gasteiger partial charge in [-0.15, -0.1) is 0 Å². The predicted molar refractivity (Wildman–Crippen MR) is 123 cm³/mol. The molecule has 170 valence electrons. The first-order chi connectivity index (χ1) is 14.6. The molecule has 1 atom stereocenters. The van der Waals surface area contributed by atoms with Crippen LogP contribution in [0.15, 0.2) is 36.4 Å². The number of amides is 1. The van der Waals surface area contributed by atoms with Gasteiger partial charge in [-0.2, -0.15) is 0 Å². The van der Waals surface area contributed by atoms with Gasteiger partial charge in [-0.25, -0.2) is 8.42 Å². The highest BCUT2D eigenvalue weighted by atomic mass is 32.2. The molecule has 0 unspecified atom stereocenters. The number of hydrogen-bond acceptors (Lipinski definition) is 5. The van der Waals surface area contributed by atoms with E-state index in [4.69, 9.17) is 9.47 Å². The number of carbonyl (C=O) groups excluding carboxylic acids is 1. The molecule has 2 rings (SSSR count). The van der Waals surface area contributed by atoms with Crippen molar-refractivity contribution < 1.29 is 22.7 Å². The molecule has 0 aliphatic carbocycles. The molecule has 0 heterocycles. The highest BCUT2D eigenvalue weighted by Crippen LogP contribution is 2.30. The van der Waals surface area contributed by atoms with Crippen LogP contribution in [0.25, 0.3) is 0 Å². The smallest absolute Gasteiger partial charge is 0.232 e. The predicted octanol–water partition coefficient (Wildman–Crippen LogP) is 3.74. The number of aryl methyl sites for hydroxylation is 2. The van der Waals surface area contributed by atoms with Gasteiger partial charge in [-0.3, -0.25) is 9.10 Å². The van der Waals surface area contributed by atoms with E-state index in [0.29, 0.717) is 23.6 Å². The first-order valence-corrected chi connectivity index (χ1v) is 12.0. The van der Waals surface area contributed by atoms with E-state index in [2.05, 4.69) is 5.32 Å². The summed E-state index contributed by atoms with van der Waals surface area (Å²) in [6.45, 7) is 6.05. The highest BCUT2D eigenvalue weighted by molar-refractivity contribution is 7.92. The summed E-state index contributed by atoms with van der Waals surface area (Å²) >= 11 is 0. The van der Waals surface area contributed by atoms with Crippen molar-refractivity contribution in [2.24, 2.45) is 0 Å². The molecule has 2 aromatic rings. The molecule has 8 heteroatoms.